The Kier molecular flexibility index (Phi) is 10.6. The van der Waals surface area contributed by atoms with E-state index in [1.54, 1.807) is 6.08 Å². The largest absolute Gasteiger partial charge is 0.462 e. The molecule has 0 unspecified atom stereocenters. The minimum absolute atomic E-state index is 0.0734. The Balaban J connectivity index is 1.57. The van der Waals surface area contributed by atoms with Crippen molar-refractivity contribution in [3.05, 3.63) is 12.2 Å². The van der Waals surface area contributed by atoms with Crippen molar-refractivity contribution < 1.29 is 9.53 Å². The van der Waals surface area contributed by atoms with Crippen LogP contribution in [0.3, 0.4) is 0 Å². The van der Waals surface area contributed by atoms with Gasteiger partial charge >= 0.3 is 5.97 Å². The zero-order valence-electron chi connectivity index (χ0n) is 17.3. The summed E-state index contributed by atoms with van der Waals surface area (Å²) in [4.78, 5) is 12.5. The van der Waals surface area contributed by atoms with Crippen LogP contribution in [0.15, 0.2) is 12.2 Å². The number of allylic oxidation sites excluding steroid dienone is 2. The Labute approximate surface area is 166 Å². The van der Waals surface area contributed by atoms with Gasteiger partial charge in [0.2, 0.25) is 0 Å². The molecule has 0 aromatic heterocycles. The summed E-state index contributed by atoms with van der Waals surface area (Å²) in [6.07, 6.45) is 21.5. The minimum Gasteiger partial charge on any atom is -0.462 e. The van der Waals surface area contributed by atoms with E-state index in [0.29, 0.717) is 5.92 Å². The minimum atomic E-state index is 0.0734. The lowest BCUT2D eigenvalue weighted by Crippen LogP contribution is -2.30. The highest BCUT2D eigenvalue weighted by atomic mass is 16.5. The molecule has 0 radical (unpaired) electrons. The maximum absolute atomic E-state index is 12.5. The van der Waals surface area contributed by atoms with Gasteiger partial charge in [0.25, 0.3) is 0 Å². The highest BCUT2D eigenvalue weighted by molar-refractivity contribution is 5.72. The standard InChI is InChI=1S/C24H39NO2/c1-2-3-4-6-9-21-13-17-23(18-14-21)27-24(26)22-15-11-20(12-16-22)10-7-5-8-19-25/h5,8,20-23H,2-4,6-7,9-18H2,1H3. The fraction of sp³-hybridized carbons (Fsp3) is 0.833. The van der Waals surface area contributed by atoms with E-state index in [1.807, 2.05) is 12.1 Å². The SMILES string of the molecule is CCCCCCC1CCC(OC(=O)C2CCC(CCC=CC#N)CC2)CC1. The van der Waals surface area contributed by atoms with E-state index in [9.17, 15) is 4.79 Å². The first-order valence-electron chi connectivity index (χ1n) is 11.5. The maximum Gasteiger partial charge on any atom is 0.309 e. The number of carbonyl (C=O) groups excluding carboxylic acids is 1. The van der Waals surface area contributed by atoms with Gasteiger partial charge in [0, 0.05) is 6.08 Å². The fourth-order valence-corrected chi connectivity index (χ4v) is 4.81. The number of nitrogens with zero attached hydrogens (tertiary/aromatic N) is 1. The first-order valence-corrected chi connectivity index (χ1v) is 11.5. The fourth-order valence-electron chi connectivity index (χ4n) is 4.81. The molecule has 0 saturated heterocycles. The quantitative estimate of drug-likeness (QED) is 0.242. The molecule has 0 bridgehead atoms. The summed E-state index contributed by atoms with van der Waals surface area (Å²) in [5.74, 6) is 1.77. The van der Waals surface area contributed by atoms with Crippen LogP contribution in [-0.2, 0) is 9.53 Å². The second-order valence-corrected chi connectivity index (χ2v) is 8.76. The molecule has 2 aliphatic rings. The zero-order valence-corrected chi connectivity index (χ0v) is 17.3. The zero-order chi connectivity index (χ0) is 19.3. The van der Waals surface area contributed by atoms with Crippen molar-refractivity contribution in [2.24, 2.45) is 17.8 Å². The van der Waals surface area contributed by atoms with E-state index >= 15 is 0 Å². The molecular weight excluding hydrogens is 334 g/mol. The number of rotatable bonds is 10. The van der Waals surface area contributed by atoms with Crippen molar-refractivity contribution in [1.29, 1.82) is 5.26 Å². The molecule has 152 valence electrons. The summed E-state index contributed by atoms with van der Waals surface area (Å²) in [6, 6.07) is 2.04. The molecule has 0 spiro atoms. The van der Waals surface area contributed by atoms with E-state index in [2.05, 4.69) is 6.92 Å². The van der Waals surface area contributed by atoms with Crippen molar-refractivity contribution in [3.63, 3.8) is 0 Å². The highest BCUT2D eigenvalue weighted by Crippen LogP contribution is 2.34. The third-order valence-corrected chi connectivity index (χ3v) is 6.66. The van der Waals surface area contributed by atoms with Crippen LogP contribution in [0.4, 0.5) is 0 Å². The van der Waals surface area contributed by atoms with Gasteiger partial charge in [0.05, 0.1) is 12.0 Å². The normalized spacial score (nSPS) is 28.7. The number of esters is 1. The van der Waals surface area contributed by atoms with Crippen molar-refractivity contribution in [1.82, 2.24) is 0 Å². The molecule has 0 aromatic rings. The Morgan fingerprint density at radius 2 is 1.63 bits per heavy atom. The van der Waals surface area contributed by atoms with Crippen molar-refractivity contribution in [3.8, 4) is 6.07 Å². The molecule has 2 saturated carbocycles. The molecule has 2 aliphatic carbocycles. The average Bonchev–Trinajstić information content (AvgIpc) is 2.70. The van der Waals surface area contributed by atoms with Gasteiger partial charge in [-0.05, 0) is 76.0 Å². The van der Waals surface area contributed by atoms with Gasteiger partial charge in [-0.3, -0.25) is 4.79 Å². The number of nitriles is 1. The predicted molar refractivity (Wildman–Crippen MR) is 110 cm³/mol. The molecule has 27 heavy (non-hydrogen) atoms. The topological polar surface area (TPSA) is 50.1 Å². The Morgan fingerprint density at radius 1 is 0.963 bits per heavy atom. The molecule has 0 amide bonds. The number of hydrogen-bond donors (Lipinski definition) is 0. The molecule has 2 fully saturated rings. The molecule has 2 rings (SSSR count). The van der Waals surface area contributed by atoms with Crippen LogP contribution in [0.2, 0.25) is 0 Å². The lowest BCUT2D eigenvalue weighted by atomic mass is 9.80. The molecule has 0 atom stereocenters. The number of ether oxygens (including phenoxy) is 1. The Hall–Kier alpha value is -1.30. The Morgan fingerprint density at radius 3 is 2.30 bits per heavy atom. The summed E-state index contributed by atoms with van der Waals surface area (Å²) in [5.41, 5.74) is 0. The van der Waals surface area contributed by atoms with E-state index in [1.165, 1.54) is 44.9 Å². The first-order chi connectivity index (χ1) is 13.2. The van der Waals surface area contributed by atoms with Gasteiger partial charge in [-0.2, -0.15) is 5.26 Å². The molecule has 0 aliphatic heterocycles. The van der Waals surface area contributed by atoms with Gasteiger partial charge in [-0.1, -0.05) is 45.1 Å². The molecule has 3 heteroatoms. The lowest BCUT2D eigenvalue weighted by molar-refractivity contribution is -0.157. The summed E-state index contributed by atoms with van der Waals surface area (Å²) in [7, 11) is 0. The summed E-state index contributed by atoms with van der Waals surface area (Å²) < 4.78 is 5.88. The maximum atomic E-state index is 12.5. The second-order valence-electron chi connectivity index (χ2n) is 8.76. The molecular formula is C24H39NO2. The van der Waals surface area contributed by atoms with Crippen LogP contribution in [0.5, 0.6) is 0 Å². The van der Waals surface area contributed by atoms with Crippen molar-refractivity contribution in [2.75, 3.05) is 0 Å². The van der Waals surface area contributed by atoms with Gasteiger partial charge < -0.3 is 4.74 Å². The van der Waals surface area contributed by atoms with Gasteiger partial charge in [0.15, 0.2) is 0 Å². The first kappa shape index (κ1) is 22.0. The second kappa shape index (κ2) is 13.0. The van der Waals surface area contributed by atoms with E-state index in [0.717, 1.165) is 57.3 Å². The van der Waals surface area contributed by atoms with Gasteiger partial charge in [-0.15, -0.1) is 0 Å². The third kappa shape index (κ3) is 8.50. The van der Waals surface area contributed by atoms with Gasteiger partial charge in [0.1, 0.15) is 6.10 Å². The average molecular weight is 374 g/mol. The molecule has 3 nitrogen and oxygen atoms in total. The van der Waals surface area contributed by atoms with Crippen LogP contribution in [0.25, 0.3) is 0 Å². The Bertz CT molecular complexity index is 477. The summed E-state index contributed by atoms with van der Waals surface area (Å²) in [6.45, 7) is 2.26. The molecule has 0 heterocycles. The number of carbonyl (C=O) groups is 1. The van der Waals surface area contributed by atoms with Crippen LogP contribution in [0.1, 0.15) is 103 Å². The monoisotopic (exact) mass is 373 g/mol. The summed E-state index contributed by atoms with van der Waals surface area (Å²) in [5, 5.41) is 8.52. The van der Waals surface area contributed by atoms with Crippen molar-refractivity contribution >= 4 is 5.97 Å². The number of hydrogen-bond acceptors (Lipinski definition) is 3. The van der Waals surface area contributed by atoms with Gasteiger partial charge in [-0.25, -0.2) is 0 Å². The van der Waals surface area contributed by atoms with E-state index in [4.69, 9.17) is 10.00 Å². The molecule has 0 N–H and O–H groups in total. The molecule has 0 aromatic carbocycles. The van der Waals surface area contributed by atoms with Crippen LogP contribution in [-0.4, -0.2) is 12.1 Å². The third-order valence-electron chi connectivity index (χ3n) is 6.66. The van der Waals surface area contributed by atoms with Crippen LogP contribution in [0, 0.1) is 29.1 Å². The van der Waals surface area contributed by atoms with Crippen molar-refractivity contribution in [2.45, 2.75) is 109 Å². The lowest BCUT2D eigenvalue weighted by Gasteiger charge is -2.31. The highest BCUT2D eigenvalue weighted by Gasteiger charge is 2.30. The van der Waals surface area contributed by atoms with E-state index < -0.39 is 0 Å². The summed E-state index contributed by atoms with van der Waals surface area (Å²) >= 11 is 0. The number of unbranched alkanes of at least 4 members (excludes halogenated alkanes) is 3. The van der Waals surface area contributed by atoms with Crippen LogP contribution >= 0.6 is 0 Å². The van der Waals surface area contributed by atoms with E-state index in [-0.39, 0.29) is 18.0 Å². The van der Waals surface area contributed by atoms with Crippen LogP contribution < -0.4 is 0 Å². The predicted octanol–water partition coefficient (Wildman–Crippen LogP) is 6.73. The smallest absolute Gasteiger partial charge is 0.309 e.